The van der Waals surface area contributed by atoms with Crippen molar-refractivity contribution < 1.29 is 0 Å². The molecule has 0 unspecified atom stereocenters. The molecular weight excluding hydrogens is 526 g/mol. The van der Waals surface area contributed by atoms with Crippen molar-refractivity contribution in [3.63, 3.8) is 0 Å². The Morgan fingerprint density at radius 3 is 1.56 bits per heavy atom. The van der Waals surface area contributed by atoms with Gasteiger partial charge in [0.05, 0.1) is 5.70 Å². The van der Waals surface area contributed by atoms with E-state index in [-0.39, 0.29) is 0 Å². The number of aromatic nitrogens is 3. The summed E-state index contributed by atoms with van der Waals surface area (Å²) in [6.07, 6.45) is 3.58. The zero-order chi connectivity index (χ0) is 29.0. The topological polar surface area (TPSA) is 74.6 Å². The molecular formula is C38H27N5. The molecule has 1 aromatic heterocycles. The quantitative estimate of drug-likeness (QED) is 0.203. The van der Waals surface area contributed by atoms with Crippen LogP contribution in [0.4, 0.5) is 0 Å². The van der Waals surface area contributed by atoms with Gasteiger partial charge in [-0.05, 0) is 28.8 Å². The first-order valence-electron chi connectivity index (χ1n) is 14.1. The zero-order valence-electron chi connectivity index (χ0n) is 23.3. The first-order valence-corrected chi connectivity index (χ1v) is 14.1. The summed E-state index contributed by atoms with van der Waals surface area (Å²) in [5, 5.41) is 12.0. The van der Waals surface area contributed by atoms with E-state index >= 15 is 0 Å². The van der Waals surface area contributed by atoms with Crippen LogP contribution in [-0.2, 0) is 0 Å². The fraction of sp³-hybridized carbons (Fsp3) is 0. The zero-order valence-corrected chi connectivity index (χ0v) is 23.3. The predicted octanol–water partition coefficient (Wildman–Crippen LogP) is 8.49. The molecule has 0 aliphatic carbocycles. The summed E-state index contributed by atoms with van der Waals surface area (Å²) in [5.74, 6) is 1.85. The fourth-order valence-electron chi connectivity index (χ4n) is 5.28. The van der Waals surface area contributed by atoms with Crippen molar-refractivity contribution in [3.8, 4) is 34.2 Å². The molecule has 0 amide bonds. The summed E-state index contributed by atoms with van der Waals surface area (Å²) in [7, 11) is 0. The fourth-order valence-corrected chi connectivity index (χ4v) is 5.28. The maximum absolute atomic E-state index is 8.36. The number of benzene rings is 5. The third kappa shape index (κ3) is 5.27. The molecule has 5 heteroatoms. The van der Waals surface area contributed by atoms with E-state index in [1.807, 2.05) is 115 Å². The van der Waals surface area contributed by atoms with Crippen LogP contribution in [0, 0.1) is 5.41 Å². The van der Waals surface area contributed by atoms with Crippen LogP contribution < -0.4 is 5.32 Å². The minimum Gasteiger partial charge on any atom is -0.354 e. The molecule has 0 radical (unpaired) electrons. The highest BCUT2D eigenvalue weighted by atomic mass is 15.0. The molecule has 43 heavy (non-hydrogen) atoms. The van der Waals surface area contributed by atoms with Crippen LogP contribution in [0.25, 0.3) is 57.2 Å². The van der Waals surface area contributed by atoms with Gasteiger partial charge in [-0.15, -0.1) is 0 Å². The molecule has 1 aliphatic heterocycles. The minimum atomic E-state index is 0.601. The maximum atomic E-state index is 8.36. The van der Waals surface area contributed by atoms with Crippen molar-refractivity contribution >= 4 is 29.3 Å². The van der Waals surface area contributed by atoms with E-state index in [0.29, 0.717) is 17.5 Å². The van der Waals surface area contributed by atoms with Gasteiger partial charge in [-0.3, -0.25) is 0 Å². The van der Waals surface area contributed by atoms with Gasteiger partial charge < -0.3 is 10.7 Å². The van der Waals surface area contributed by atoms with Crippen LogP contribution in [0.1, 0.15) is 22.3 Å². The molecule has 0 saturated heterocycles. The van der Waals surface area contributed by atoms with Crippen LogP contribution in [0.3, 0.4) is 0 Å². The van der Waals surface area contributed by atoms with Crippen molar-refractivity contribution in [1.82, 2.24) is 20.3 Å². The first-order chi connectivity index (χ1) is 21.3. The number of nitrogens with zero attached hydrogens (tertiary/aromatic N) is 3. The van der Waals surface area contributed by atoms with Crippen LogP contribution in [0.15, 0.2) is 140 Å². The first kappa shape index (κ1) is 26.0. The van der Waals surface area contributed by atoms with Gasteiger partial charge in [0.1, 0.15) is 0 Å². The Hall–Kier alpha value is -5.94. The van der Waals surface area contributed by atoms with E-state index < -0.39 is 0 Å². The molecule has 0 spiro atoms. The average molecular weight is 554 g/mol. The highest BCUT2D eigenvalue weighted by molar-refractivity contribution is 6.20. The van der Waals surface area contributed by atoms with Crippen molar-refractivity contribution in [3.05, 3.63) is 162 Å². The number of rotatable bonds is 6. The van der Waals surface area contributed by atoms with Gasteiger partial charge in [-0.25, -0.2) is 15.0 Å². The Bertz CT molecular complexity index is 1920. The van der Waals surface area contributed by atoms with Crippen molar-refractivity contribution in [2.45, 2.75) is 0 Å². The molecule has 5 nitrogen and oxygen atoms in total. The minimum absolute atomic E-state index is 0.601. The Morgan fingerprint density at radius 2 is 1.02 bits per heavy atom. The van der Waals surface area contributed by atoms with Crippen molar-refractivity contribution in [2.75, 3.05) is 0 Å². The molecule has 5 aromatic carbocycles. The predicted molar refractivity (Wildman–Crippen MR) is 176 cm³/mol. The second-order valence-electron chi connectivity index (χ2n) is 10.2. The van der Waals surface area contributed by atoms with E-state index in [1.54, 1.807) is 0 Å². The van der Waals surface area contributed by atoms with Gasteiger partial charge in [0.25, 0.3) is 0 Å². The molecule has 0 saturated carbocycles. The SMILES string of the molecule is N=C/C(=C1\NC(c2ccccc2)=Cc2cc(-c3nc(-c4ccccc4)nc(-c4ccccc4)n3)ccc21)c1ccccc1. The van der Waals surface area contributed by atoms with Crippen LogP contribution in [0.5, 0.6) is 0 Å². The van der Waals surface area contributed by atoms with Gasteiger partial charge in [0, 0.05) is 39.7 Å². The number of hydrogen-bond donors (Lipinski definition) is 2. The molecule has 6 aromatic rings. The largest absolute Gasteiger partial charge is 0.354 e. The normalized spacial score (nSPS) is 13.3. The molecule has 1 aliphatic rings. The second-order valence-corrected chi connectivity index (χ2v) is 10.2. The van der Waals surface area contributed by atoms with Crippen LogP contribution in [-0.4, -0.2) is 21.2 Å². The lowest BCUT2D eigenvalue weighted by molar-refractivity contribution is 1.07. The molecule has 7 rings (SSSR count). The summed E-state index contributed by atoms with van der Waals surface area (Å²) >= 11 is 0. The lowest BCUT2D eigenvalue weighted by atomic mass is 9.91. The van der Waals surface area contributed by atoms with Gasteiger partial charge in [-0.1, -0.05) is 133 Å². The highest BCUT2D eigenvalue weighted by Gasteiger charge is 2.21. The van der Waals surface area contributed by atoms with E-state index in [4.69, 9.17) is 20.4 Å². The second kappa shape index (κ2) is 11.5. The van der Waals surface area contributed by atoms with Crippen molar-refractivity contribution in [1.29, 1.82) is 5.41 Å². The molecule has 0 fully saturated rings. The summed E-state index contributed by atoms with van der Waals surface area (Å²) in [5.41, 5.74) is 9.46. The highest BCUT2D eigenvalue weighted by Crippen LogP contribution is 2.36. The lowest BCUT2D eigenvalue weighted by Crippen LogP contribution is -2.18. The van der Waals surface area contributed by atoms with Gasteiger partial charge in [0.15, 0.2) is 17.5 Å². The maximum Gasteiger partial charge on any atom is 0.164 e. The van der Waals surface area contributed by atoms with Gasteiger partial charge in [-0.2, -0.15) is 0 Å². The summed E-state index contributed by atoms with van der Waals surface area (Å²) in [6, 6.07) is 46.6. The summed E-state index contributed by atoms with van der Waals surface area (Å²) < 4.78 is 0. The Kier molecular flexibility index (Phi) is 6.96. The Labute approximate surface area is 250 Å². The Balaban J connectivity index is 1.42. The smallest absolute Gasteiger partial charge is 0.164 e. The van der Waals surface area contributed by atoms with E-state index in [1.165, 1.54) is 6.21 Å². The number of hydrogen-bond acceptors (Lipinski definition) is 5. The lowest BCUT2D eigenvalue weighted by Gasteiger charge is -2.25. The number of nitrogens with one attached hydrogen (secondary N) is 2. The molecule has 204 valence electrons. The van der Waals surface area contributed by atoms with Gasteiger partial charge in [0.2, 0.25) is 0 Å². The van der Waals surface area contributed by atoms with E-state index in [9.17, 15) is 0 Å². The van der Waals surface area contributed by atoms with E-state index in [0.717, 1.165) is 55.9 Å². The third-order valence-electron chi connectivity index (χ3n) is 7.42. The van der Waals surface area contributed by atoms with Gasteiger partial charge >= 0.3 is 0 Å². The molecule has 0 bridgehead atoms. The number of fused-ring (bicyclic) bond motifs is 1. The Morgan fingerprint density at radius 1 is 0.535 bits per heavy atom. The average Bonchev–Trinajstić information content (AvgIpc) is 3.09. The molecule has 2 N–H and O–H groups in total. The third-order valence-corrected chi connectivity index (χ3v) is 7.42. The van der Waals surface area contributed by atoms with Crippen LogP contribution in [0.2, 0.25) is 0 Å². The van der Waals surface area contributed by atoms with E-state index in [2.05, 4.69) is 35.7 Å². The standard InChI is InChI=1S/C38H27N5/c39-25-33(26-13-5-1-6-14-26)35-32-22-21-30(23-31(32)24-34(40-35)27-15-7-2-8-16-27)38-42-36(28-17-9-3-10-18-28)41-37(43-38)29-19-11-4-12-20-29/h1-25,39-40H/b35-33+,39-25?. The monoisotopic (exact) mass is 553 g/mol. The molecule has 2 heterocycles. The summed E-state index contributed by atoms with van der Waals surface area (Å²) in [6.45, 7) is 0. The van der Waals surface area contributed by atoms with Crippen LogP contribution >= 0.6 is 0 Å². The molecule has 0 atom stereocenters. The van der Waals surface area contributed by atoms with Crippen molar-refractivity contribution in [2.24, 2.45) is 0 Å². The number of allylic oxidation sites excluding steroid dienone is 1. The summed E-state index contributed by atoms with van der Waals surface area (Å²) in [4.78, 5) is 14.7.